The van der Waals surface area contributed by atoms with E-state index in [2.05, 4.69) is 31.5 Å². The van der Waals surface area contributed by atoms with Crippen molar-refractivity contribution in [1.29, 1.82) is 0 Å². The lowest BCUT2D eigenvalue weighted by atomic mass is 10.1. The van der Waals surface area contributed by atoms with Crippen LogP contribution in [0.4, 0.5) is 5.69 Å². The van der Waals surface area contributed by atoms with E-state index in [0.29, 0.717) is 22.6 Å². The molecule has 0 atom stereocenters. The number of aromatic nitrogens is 3. The van der Waals surface area contributed by atoms with Crippen molar-refractivity contribution in [1.82, 2.24) is 14.9 Å². The molecule has 1 N–H and O–H groups in total. The number of nitrogens with zero attached hydrogens (tertiary/aromatic N) is 3. The maximum absolute atomic E-state index is 12.8. The average molecular weight is 409 g/mol. The largest absolute Gasteiger partial charge is 0.364 e. The van der Waals surface area contributed by atoms with E-state index in [1.807, 2.05) is 42.5 Å². The second-order valence-electron chi connectivity index (χ2n) is 5.54. The first-order chi connectivity index (χ1) is 12.7. The smallest absolute Gasteiger partial charge is 0.257 e. The Bertz CT molecular complexity index is 1060. The van der Waals surface area contributed by atoms with Crippen molar-refractivity contribution in [2.75, 3.05) is 5.32 Å². The molecular weight excluding hydrogens is 396 g/mol. The molecule has 4 rings (SSSR count). The second kappa shape index (κ2) is 6.97. The third kappa shape index (κ3) is 3.29. The van der Waals surface area contributed by atoms with E-state index < -0.39 is 0 Å². The van der Waals surface area contributed by atoms with E-state index in [4.69, 9.17) is 4.52 Å². The molecule has 0 aliphatic heterocycles. The SMILES string of the molecule is O=C(Nc1cccc(-c2ccon2)c1)c1ccccc1-n1cc(Br)cn1. The lowest BCUT2D eigenvalue weighted by Gasteiger charge is -2.10. The quantitative estimate of drug-likeness (QED) is 0.537. The van der Waals surface area contributed by atoms with Gasteiger partial charge in [-0.05, 0) is 40.2 Å². The zero-order valence-corrected chi connectivity index (χ0v) is 15.1. The number of amides is 1. The summed E-state index contributed by atoms with van der Waals surface area (Å²) in [6.45, 7) is 0. The third-order valence-corrected chi connectivity index (χ3v) is 4.21. The first-order valence-corrected chi connectivity index (χ1v) is 8.62. The van der Waals surface area contributed by atoms with E-state index in [1.165, 1.54) is 6.26 Å². The Hall–Kier alpha value is -3.19. The number of para-hydroxylation sites is 1. The summed E-state index contributed by atoms with van der Waals surface area (Å²) in [5.41, 5.74) is 3.47. The number of hydrogen-bond donors (Lipinski definition) is 1. The van der Waals surface area contributed by atoms with Gasteiger partial charge in [0.25, 0.3) is 5.91 Å². The lowest BCUT2D eigenvalue weighted by Crippen LogP contribution is -2.15. The molecule has 7 heteroatoms. The van der Waals surface area contributed by atoms with Crippen molar-refractivity contribution in [2.45, 2.75) is 0 Å². The normalized spacial score (nSPS) is 10.7. The van der Waals surface area contributed by atoms with Crippen molar-refractivity contribution in [3.8, 4) is 16.9 Å². The first kappa shape index (κ1) is 16.3. The Morgan fingerprint density at radius 3 is 2.77 bits per heavy atom. The second-order valence-corrected chi connectivity index (χ2v) is 6.46. The minimum atomic E-state index is -0.218. The molecule has 6 nitrogen and oxygen atoms in total. The Morgan fingerprint density at radius 1 is 1.12 bits per heavy atom. The number of halogens is 1. The fourth-order valence-corrected chi connectivity index (χ4v) is 2.90. The molecule has 0 saturated heterocycles. The number of benzene rings is 2. The summed E-state index contributed by atoms with van der Waals surface area (Å²) >= 11 is 3.37. The predicted octanol–water partition coefficient (Wildman–Crippen LogP) is 4.54. The molecule has 0 fully saturated rings. The molecule has 0 saturated carbocycles. The molecule has 1 amide bonds. The van der Waals surface area contributed by atoms with Crippen LogP contribution in [0.1, 0.15) is 10.4 Å². The summed E-state index contributed by atoms with van der Waals surface area (Å²) in [7, 11) is 0. The minimum Gasteiger partial charge on any atom is -0.364 e. The van der Waals surface area contributed by atoms with Gasteiger partial charge in [-0.15, -0.1) is 0 Å². The van der Waals surface area contributed by atoms with E-state index in [0.717, 1.165) is 10.0 Å². The molecule has 2 heterocycles. The van der Waals surface area contributed by atoms with Gasteiger partial charge in [0.2, 0.25) is 0 Å². The monoisotopic (exact) mass is 408 g/mol. The van der Waals surface area contributed by atoms with Gasteiger partial charge in [-0.3, -0.25) is 4.79 Å². The van der Waals surface area contributed by atoms with Crippen LogP contribution in [0.15, 0.2) is 82.2 Å². The molecule has 128 valence electrons. The Kier molecular flexibility index (Phi) is 4.37. The zero-order chi connectivity index (χ0) is 17.9. The molecule has 0 bridgehead atoms. The van der Waals surface area contributed by atoms with Crippen molar-refractivity contribution >= 4 is 27.5 Å². The van der Waals surface area contributed by atoms with E-state index >= 15 is 0 Å². The van der Waals surface area contributed by atoms with E-state index in [-0.39, 0.29) is 5.91 Å². The number of carbonyl (C=O) groups is 1. The number of anilines is 1. The van der Waals surface area contributed by atoms with E-state index in [1.54, 1.807) is 29.2 Å². The maximum atomic E-state index is 12.8. The third-order valence-electron chi connectivity index (χ3n) is 3.80. The van der Waals surface area contributed by atoms with Crippen LogP contribution >= 0.6 is 15.9 Å². The highest BCUT2D eigenvalue weighted by atomic mass is 79.9. The van der Waals surface area contributed by atoms with Gasteiger partial charge in [0.15, 0.2) is 0 Å². The van der Waals surface area contributed by atoms with Gasteiger partial charge in [-0.25, -0.2) is 4.68 Å². The maximum Gasteiger partial charge on any atom is 0.257 e. The lowest BCUT2D eigenvalue weighted by molar-refractivity contribution is 0.102. The number of nitrogens with one attached hydrogen (secondary N) is 1. The van der Waals surface area contributed by atoms with Crippen LogP contribution in [0.2, 0.25) is 0 Å². The Balaban J connectivity index is 1.63. The molecule has 4 aromatic rings. The van der Waals surface area contributed by atoms with Crippen LogP contribution in [-0.2, 0) is 0 Å². The summed E-state index contributed by atoms with van der Waals surface area (Å²) in [5, 5.41) is 11.1. The highest BCUT2D eigenvalue weighted by Crippen LogP contribution is 2.22. The highest BCUT2D eigenvalue weighted by Gasteiger charge is 2.14. The molecule has 0 aliphatic carbocycles. The summed E-state index contributed by atoms with van der Waals surface area (Å²) in [4.78, 5) is 12.8. The van der Waals surface area contributed by atoms with Gasteiger partial charge >= 0.3 is 0 Å². The molecule has 0 unspecified atom stereocenters. The molecular formula is C19H13BrN4O2. The fourth-order valence-electron chi connectivity index (χ4n) is 2.61. The van der Waals surface area contributed by atoms with Gasteiger partial charge in [-0.1, -0.05) is 29.4 Å². The highest BCUT2D eigenvalue weighted by molar-refractivity contribution is 9.10. The molecule has 0 spiro atoms. The van der Waals surface area contributed by atoms with Gasteiger partial charge in [-0.2, -0.15) is 5.10 Å². The van der Waals surface area contributed by atoms with Crippen LogP contribution in [0.25, 0.3) is 16.9 Å². The molecule has 26 heavy (non-hydrogen) atoms. The van der Waals surface area contributed by atoms with Gasteiger partial charge in [0.1, 0.15) is 12.0 Å². The molecule has 0 radical (unpaired) electrons. The number of hydrogen-bond acceptors (Lipinski definition) is 4. The summed E-state index contributed by atoms with van der Waals surface area (Å²) < 4.78 is 7.37. The van der Waals surface area contributed by atoms with Crippen LogP contribution in [0.3, 0.4) is 0 Å². The first-order valence-electron chi connectivity index (χ1n) is 7.82. The fraction of sp³-hybridized carbons (Fsp3) is 0. The topological polar surface area (TPSA) is 73.0 Å². The summed E-state index contributed by atoms with van der Waals surface area (Å²) in [5.74, 6) is -0.218. The van der Waals surface area contributed by atoms with Crippen molar-refractivity contribution in [3.05, 3.63) is 83.3 Å². The van der Waals surface area contributed by atoms with E-state index in [9.17, 15) is 4.79 Å². The zero-order valence-electron chi connectivity index (χ0n) is 13.5. The number of carbonyl (C=O) groups excluding carboxylic acids is 1. The number of rotatable bonds is 4. The molecule has 0 aliphatic rings. The van der Waals surface area contributed by atoms with Gasteiger partial charge < -0.3 is 9.84 Å². The Morgan fingerprint density at radius 2 is 2.00 bits per heavy atom. The molecule has 2 aromatic carbocycles. The standard InChI is InChI=1S/C19H13BrN4O2/c20-14-11-21-24(12-14)18-7-2-1-6-16(18)19(25)22-15-5-3-4-13(10-15)17-8-9-26-23-17/h1-12H,(H,22,25). The predicted molar refractivity (Wildman–Crippen MR) is 101 cm³/mol. The Labute approximate surface area is 157 Å². The molecule has 2 aromatic heterocycles. The van der Waals surface area contributed by atoms with Crippen LogP contribution in [0.5, 0.6) is 0 Å². The van der Waals surface area contributed by atoms with Crippen molar-refractivity contribution in [2.24, 2.45) is 0 Å². The van der Waals surface area contributed by atoms with Crippen LogP contribution in [-0.4, -0.2) is 20.8 Å². The summed E-state index contributed by atoms with van der Waals surface area (Å²) in [6, 6.07) is 16.5. The van der Waals surface area contributed by atoms with Crippen molar-refractivity contribution < 1.29 is 9.32 Å². The van der Waals surface area contributed by atoms with Crippen LogP contribution < -0.4 is 5.32 Å². The van der Waals surface area contributed by atoms with Crippen molar-refractivity contribution in [3.63, 3.8) is 0 Å². The van der Waals surface area contributed by atoms with Gasteiger partial charge in [0, 0.05) is 23.5 Å². The summed E-state index contributed by atoms with van der Waals surface area (Å²) in [6.07, 6.45) is 4.99. The van der Waals surface area contributed by atoms with Gasteiger partial charge in [0.05, 0.1) is 21.9 Å². The van der Waals surface area contributed by atoms with Crippen LogP contribution in [0, 0.1) is 0 Å². The average Bonchev–Trinajstić information content (AvgIpc) is 3.34. The minimum absolute atomic E-state index is 0.218.